The molecule has 0 aliphatic rings. The average Bonchev–Trinajstić information content (AvgIpc) is 2.35. The number of methoxy groups -OCH3 is 1. The molecule has 0 heterocycles. The molecule has 1 rings (SSSR count). The van der Waals surface area contributed by atoms with Gasteiger partial charge in [-0.2, -0.15) is 0 Å². The van der Waals surface area contributed by atoms with E-state index in [2.05, 4.69) is 26.0 Å². The fourth-order valence-electron chi connectivity index (χ4n) is 1.59. The van der Waals surface area contributed by atoms with Crippen LogP contribution in [0.2, 0.25) is 0 Å². The van der Waals surface area contributed by atoms with Crippen LogP contribution in [0.25, 0.3) is 0 Å². The van der Waals surface area contributed by atoms with Gasteiger partial charge in [-0.25, -0.2) is 4.79 Å². The van der Waals surface area contributed by atoms with Gasteiger partial charge < -0.3 is 15.8 Å². The van der Waals surface area contributed by atoms with Crippen LogP contribution in [0, 0.1) is 0 Å². The zero-order valence-electron chi connectivity index (χ0n) is 10.9. The number of halogens is 1. The number of hydrogen-bond donors (Lipinski definition) is 2. The van der Waals surface area contributed by atoms with Gasteiger partial charge in [0.2, 0.25) is 5.91 Å². The molecule has 0 fully saturated rings. The van der Waals surface area contributed by atoms with Crippen molar-refractivity contribution in [1.82, 2.24) is 5.32 Å². The Hall–Kier alpha value is -1.40. The molecular formula is C13H17BrN2O3. The van der Waals surface area contributed by atoms with Crippen LogP contribution in [0.4, 0.5) is 0 Å². The number of primary amides is 1. The summed E-state index contributed by atoms with van der Waals surface area (Å²) in [6.07, 6.45) is 0.290. The van der Waals surface area contributed by atoms with Gasteiger partial charge in [0.1, 0.15) is 0 Å². The van der Waals surface area contributed by atoms with Crippen LogP contribution >= 0.6 is 15.9 Å². The van der Waals surface area contributed by atoms with Gasteiger partial charge in [0.25, 0.3) is 0 Å². The van der Waals surface area contributed by atoms with Gasteiger partial charge in [0.15, 0.2) is 0 Å². The quantitative estimate of drug-likeness (QED) is 0.777. The van der Waals surface area contributed by atoms with Crippen LogP contribution in [0.5, 0.6) is 0 Å². The molecule has 5 nitrogen and oxygen atoms in total. The predicted octanol–water partition coefficient (Wildman–Crippen LogP) is 1.59. The lowest BCUT2D eigenvalue weighted by molar-refractivity contribution is -0.118. The molecule has 0 bridgehead atoms. The molecule has 0 aromatic heterocycles. The Bertz CT molecular complexity index is 477. The number of carbonyl (C=O) groups excluding carboxylic acids is 2. The lowest BCUT2D eigenvalue weighted by atomic mass is 10.1. The van der Waals surface area contributed by atoms with E-state index in [0.717, 1.165) is 10.0 Å². The van der Waals surface area contributed by atoms with Gasteiger partial charge in [-0.05, 0) is 24.6 Å². The number of benzene rings is 1. The number of esters is 1. The molecular weight excluding hydrogens is 312 g/mol. The Balaban J connectivity index is 2.65. The minimum Gasteiger partial charge on any atom is -0.465 e. The first-order chi connectivity index (χ1) is 8.93. The second-order valence-electron chi connectivity index (χ2n) is 4.25. The van der Waals surface area contributed by atoms with E-state index in [1.165, 1.54) is 7.11 Å². The molecule has 1 unspecified atom stereocenters. The maximum atomic E-state index is 11.4. The second kappa shape index (κ2) is 7.25. The number of carbonyl (C=O) groups is 2. The Morgan fingerprint density at radius 2 is 2.16 bits per heavy atom. The summed E-state index contributed by atoms with van der Waals surface area (Å²) >= 11 is 3.41. The van der Waals surface area contributed by atoms with E-state index in [9.17, 15) is 9.59 Å². The normalized spacial score (nSPS) is 11.9. The van der Waals surface area contributed by atoms with Crippen molar-refractivity contribution >= 4 is 27.8 Å². The number of nitrogens with two attached hydrogens (primary N) is 1. The van der Waals surface area contributed by atoms with E-state index in [1.807, 2.05) is 13.0 Å². The molecule has 19 heavy (non-hydrogen) atoms. The van der Waals surface area contributed by atoms with E-state index in [0.29, 0.717) is 12.1 Å². The monoisotopic (exact) mass is 328 g/mol. The fourth-order valence-corrected chi connectivity index (χ4v) is 2.11. The van der Waals surface area contributed by atoms with Crippen LogP contribution < -0.4 is 11.1 Å². The standard InChI is InChI=1S/C13H17BrN2O3/c1-8(5-12(15)17)16-7-10-4-3-9(6-11(10)14)13(18)19-2/h3-4,6,8,16H,5,7H2,1-2H3,(H2,15,17). The van der Waals surface area contributed by atoms with E-state index in [4.69, 9.17) is 5.73 Å². The summed E-state index contributed by atoms with van der Waals surface area (Å²) in [6.45, 7) is 2.47. The van der Waals surface area contributed by atoms with Crippen molar-refractivity contribution in [3.05, 3.63) is 33.8 Å². The first-order valence-electron chi connectivity index (χ1n) is 5.82. The molecule has 1 atom stereocenters. The third-order valence-electron chi connectivity index (χ3n) is 2.62. The van der Waals surface area contributed by atoms with Gasteiger partial charge >= 0.3 is 5.97 Å². The Morgan fingerprint density at radius 3 is 2.68 bits per heavy atom. The van der Waals surface area contributed by atoms with Gasteiger partial charge in [0, 0.05) is 23.5 Å². The molecule has 3 N–H and O–H groups in total. The van der Waals surface area contributed by atoms with Crippen LogP contribution in [-0.4, -0.2) is 25.0 Å². The minimum atomic E-state index is -0.373. The highest BCUT2D eigenvalue weighted by atomic mass is 79.9. The lowest BCUT2D eigenvalue weighted by Gasteiger charge is -2.13. The van der Waals surface area contributed by atoms with Crippen molar-refractivity contribution in [2.45, 2.75) is 25.9 Å². The second-order valence-corrected chi connectivity index (χ2v) is 5.10. The van der Waals surface area contributed by atoms with E-state index in [-0.39, 0.29) is 24.3 Å². The van der Waals surface area contributed by atoms with Crippen LogP contribution in [0.15, 0.2) is 22.7 Å². The van der Waals surface area contributed by atoms with Gasteiger partial charge in [-0.3, -0.25) is 4.79 Å². The molecule has 1 amide bonds. The molecule has 1 aromatic carbocycles. The maximum Gasteiger partial charge on any atom is 0.337 e. The molecule has 0 saturated carbocycles. The topological polar surface area (TPSA) is 81.4 Å². The Kier molecular flexibility index (Phi) is 5.98. The summed E-state index contributed by atoms with van der Waals surface area (Å²) in [7, 11) is 1.34. The van der Waals surface area contributed by atoms with Crippen molar-refractivity contribution in [2.75, 3.05) is 7.11 Å². The lowest BCUT2D eigenvalue weighted by Crippen LogP contribution is -2.30. The number of hydrogen-bond acceptors (Lipinski definition) is 4. The van der Waals surface area contributed by atoms with Crippen molar-refractivity contribution in [3.63, 3.8) is 0 Å². The third-order valence-corrected chi connectivity index (χ3v) is 3.36. The molecule has 6 heteroatoms. The van der Waals surface area contributed by atoms with Crippen LogP contribution in [-0.2, 0) is 16.1 Å². The zero-order valence-corrected chi connectivity index (χ0v) is 12.5. The molecule has 0 saturated heterocycles. The van der Waals surface area contributed by atoms with Crippen molar-refractivity contribution in [2.24, 2.45) is 5.73 Å². The average molecular weight is 329 g/mol. The fraction of sp³-hybridized carbons (Fsp3) is 0.385. The zero-order chi connectivity index (χ0) is 14.4. The minimum absolute atomic E-state index is 0.00434. The van der Waals surface area contributed by atoms with Crippen molar-refractivity contribution in [3.8, 4) is 0 Å². The van der Waals surface area contributed by atoms with E-state index >= 15 is 0 Å². The first kappa shape index (κ1) is 15.7. The third kappa shape index (κ3) is 5.00. The molecule has 0 aliphatic carbocycles. The highest BCUT2D eigenvalue weighted by molar-refractivity contribution is 9.10. The highest BCUT2D eigenvalue weighted by Gasteiger charge is 2.10. The number of nitrogens with one attached hydrogen (secondary N) is 1. The first-order valence-corrected chi connectivity index (χ1v) is 6.61. The van der Waals surface area contributed by atoms with Crippen molar-refractivity contribution in [1.29, 1.82) is 0 Å². The largest absolute Gasteiger partial charge is 0.465 e. The van der Waals surface area contributed by atoms with Crippen molar-refractivity contribution < 1.29 is 14.3 Å². The SMILES string of the molecule is COC(=O)c1ccc(CNC(C)CC(N)=O)c(Br)c1. The Morgan fingerprint density at radius 1 is 1.47 bits per heavy atom. The summed E-state index contributed by atoms with van der Waals surface area (Å²) in [5.41, 5.74) is 6.60. The predicted molar refractivity (Wildman–Crippen MR) is 75.6 cm³/mol. The maximum absolute atomic E-state index is 11.4. The Labute approximate surface area is 120 Å². The molecule has 0 radical (unpaired) electrons. The summed E-state index contributed by atoms with van der Waals surface area (Å²) in [6, 6.07) is 5.25. The van der Waals surface area contributed by atoms with Crippen LogP contribution in [0.1, 0.15) is 29.3 Å². The number of ether oxygens (including phenoxy) is 1. The number of rotatable bonds is 6. The van der Waals surface area contributed by atoms with Gasteiger partial charge in [-0.1, -0.05) is 22.0 Å². The van der Waals surface area contributed by atoms with Gasteiger partial charge in [-0.15, -0.1) is 0 Å². The van der Waals surface area contributed by atoms with E-state index < -0.39 is 0 Å². The van der Waals surface area contributed by atoms with Gasteiger partial charge in [0.05, 0.1) is 12.7 Å². The summed E-state index contributed by atoms with van der Waals surface area (Å²) < 4.78 is 5.46. The van der Waals surface area contributed by atoms with E-state index in [1.54, 1.807) is 12.1 Å². The molecule has 104 valence electrons. The summed E-state index contributed by atoms with van der Waals surface area (Å²) in [5.74, 6) is -0.706. The number of amides is 1. The molecule has 1 aromatic rings. The molecule has 0 spiro atoms. The molecule has 0 aliphatic heterocycles. The summed E-state index contributed by atoms with van der Waals surface area (Å²) in [4.78, 5) is 22.1. The highest BCUT2D eigenvalue weighted by Crippen LogP contribution is 2.19. The smallest absolute Gasteiger partial charge is 0.337 e. The summed E-state index contributed by atoms with van der Waals surface area (Å²) in [5, 5.41) is 3.19. The van der Waals surface area contributed by atoms with Crippen LogP contribution in [0.3, 0.4) is 0 Å².